The molecule has 0 aliphatic carbocycles. The summed E-state index contributed by atoms with van der Waals surface area (Å²) in [6.07, 6.45) is 0.989. The van der Waals surface area contributed by atoms with Crippen molar-refractivity contribution in [3.8, 4) is 0 Å². The van der Waals surface area contributed by atoms with Crippen molar-refractivity contribution in [3.63, 3.8) is 0 Å². The number of benzene rings is 1. The zero-order valence-corrected chi connectivity index (χ0v) is 12.1. The maximum absolute atomic E-state index is 12.4. The number of anilines is 2. The van der Waals surface area contributed by atoms with Crippen molar-refractivity contribution < 1.29 is 4.79 Å². The lowest BCUT2D eigenvalue weighted by atomic mass is 10.1. The molecule has 0 bridgehead atoms. The van der Waals surface area contributed by atoms with Crippen molar-refractivity contribution in [1.82, 2.24) is 4.98 Å². The summed E-state index contributed by atoms with van der Waals surface area (Å²) in [7, 11) is 1.76. The van der Waals surface area contributed by atoms with E-state index in [0.29, 0.717) is 15.7 Å². The van der Waals surface area contributed by atoms with Crippen molar-refractivity contribution in [2.45, 2.75) is 20.3 Å². The number of aromatic nitrogens is 1. The minimum Gasteiger partial charge on any atom is -0.375 e. The van der Waals surface area contributed by atoms with Gasteiger partial charge in [-0.3, -0.25) is 4.79 Å². The van der Waals surface area contributed by atoms with Gasteiger partial charge in [-0.15, -0.1) is 0 Å². The molecule has 0 spiro atoms. The van der Waals surface area contributed by atoms with Crippen LogP contribution in [0, 0.1) is 6.92 Å². The Morgan fingerprint density at radius 3 is 2.47 bits per heavy atom. The highest BCUT2D eigenvalue weighted by Gasteiger charge is 2.19. The Labute approximate surface area is 116 Å². The Hall–Kier alpha value is -1.88. The minimum absolute atomic E-state index is 0.0732. The molecule has 0 saturated carbocycles. The molecule has 2 aromatic rings. The molecule has 2 rings (SSSR count). The molecule has 0 aliphatic heterocycles. The number of hydrogen-bond donors (Lipinski definition) is 1. The van der Waals surface area contributed by atoms with E-state index in [2.05, 4.69) is 11.9 Å². The normalized spacial score (nSPS) is 10.5. The fourth-order valence-corrected chi connectivity index (χ4v) is 2.65. The van der Waals surface area contributed by atoms with Gasteiger partial charge in [0.15, 0.2) is 5.13 Å². The maximum Gasteiger partial charge on any atom is 0.270 e. The Bertz CT molecular complexity index is 589. The SMILES string of the molecule is CCc1ccc(N(C)C(=O)c2sc(N)nc2C)cc1. The van der Waals surface area contributed by atoms with Crippen LogP contribution in [-0.4, -0.2) is 17.9 Å². The predicted octanol–water partition coefficient (Wildman–Crippen LogP) is 2.87. The van der Waals surface area contributed by atoms with Gasteiger partial charge < -0.3 is 10.6 Å². The van der Waals surface area contributed by atoms with Crippen LogP contribution in [0.2, 0.25) is 0 Å². The first-order chi connectivity index (χ1) is 9.02. The second-order valence-electron chi connectivity index (χ2n) is 4.35. The highest BCUT2D eigenvalue weighted by atomic mass is 32.1. The van der Waals surface area contributed by atoms with E-state index in [1.54, 1.807) is 18.9 Å². The summed E-state index contributed by atoms with van der Waals surface area (Å²) >= 11 is 1.23. The topological polar surface area (TPSA) is 59.2 Å². The Kier molecular flexibility index (Phi) is 3.85. The van der Waals surface area contributed by atoms with Crippen LogP contribution in [0.15, 0.2) is 24.3 Å². The summed E-state index contributed by atoms with van der Waals surface area (Å²) in [4.78, 5) is 18.7. The van der Waals surface area contributed by atoms with E-state index in [0.717, 1.165) is 12.1 Å². The largest absolute Gasteiger partial charge is 0.375 e. The molecule has 4 nitrogen and oxygen atoms in total. The van der Waals surface area contributed by atoms with Gasteiger partial charge in [-0.25, -0.2) is 4.98 Å². The van der Waals surface area contributed by atoms with Crippen molar-refractivity contribution in [3.05, 3.63) is 40.4 Å². The lowest BCUT2D eigenvalue weighted by Gasteiger charge is -2.17. The van der Waals surface area contributed by atoms with E-state index in [4.69, 9.17) is 5.73 Å². The third-order valence-corrected chi connectivity index (χ3v) is 4.02. The van der Waals surface area contributed by atoms with E-state index in [9.17, 15) is 4.79 Å². The fraction of sp³-hybridized carbons (Fsp3) is 0.286. The van der Waals surface area contributed by atoms with Gasteiger partial charge in [0.05, 0.1) is 5.69 Å². The number of nitrogen functional groups attached to an aromatic ring is 1. The number of thiazole rings is 1. The maximum atomic E-state index is 12.4. The van der Waals surface area contributed by atoms with E-state index in [-0.39, 0.29) is 5.91 Å². The first-order valence-corrected chi connectivity index (χ1v) is 6.94. The van der Waals surface area contributed by atoms with Crippen molar-refractivity contribution in [1.29, 1.82) is 0 Å². The van der Waals surface area contributed by atoms with Crippen molar-refractivity contribution >= 4 is 28.1 Å². The van der Waals surface area contributed by atoms with Crippen LogP contribution >= 0.6 is 11.3 Å². The van der Waals surface area contributed by atoms with Gasteiger partial charge in [0, 0.05) is 12.7 Å². The molecule has 1 aromatic heterocycles. The number of nitrogens with two attached hydrogens (primary N) is 1. The van der Waals surface area contributed by atoms with Gasteiger partial charge in [-0.1, -0.05) is 30.4 Å². The molecule has 5 heteroatoms. The van der Waals surface area contributed by atoms with Gasteiger partial charge in [-0.05, 0) is 31.0 Å². The molecule has 1 heterocycles. The second kappa shape index (κ2) is 5.40. The third kappa shape index (κ3) is 2.76. The molecule has 1 aromatic carbocycles. The summed E-state index contributed by atoms with van der Waals surface area (Å²) in [5, 5.41) is 0.426. The number of rotatable bonds is 3. The lowest BCUT2D eigenvalue weighted by molar-refractivity contribution is 0.0996. The Morgan fingerprint density at radius 2 is 2.00 bits per heavy atom. The standard InChI is InChI=1S/C14H17N3OS/c1-4-10-5-7-11(8-6-10)17(3)13(18)12-9(2)16-14(15)19-12/h5-8H,4H2,1-3H3,(H2,15,16). The van der Waals surface area contributed by atoms with E-state index in [1.165, 1.54) is 16.9 Å². The molecule has 1 amide bonds. The average molecular weight is 275 g/mol. The number of nitrogens with zero attached hydrogens (tertiary/aromatic N) is 2. The molecule has 19 heavy (non-hydrogen) atoms. The van der Waals surface area contributed by atoms with Gasteiger partial charge in [0.1, 0.15) is 4.88 Å². The first kappa shape index (κ1) is 13.5. The van der Waals surface area contributed by atoms with Gasteiger partial charge in [0.25, 0.3) is 5.91 Å². The molecule has 0 fully saturated rings. The third-order valence-electron chi connectivity index (χ3n) is 3.04. The molecule has 100 valence electrons. The molecule has 0 aliphatic rings. The minimum atomic E-state index is -0.0732. The van der Waals surface area contributed by atoms with Crippen molar-refractivity contribution in [2.75, 3.05) is 17.7 Å². The lowest BCUT2D eigenvalue weighted by Crippen LogP contribution is -2.26. The first-order valence-electron chi connectivity index (χ1n) is 6.12. The monoisotopic (exact) mass is 275 g/mol. The number of hydrogen-bond acceptors (Lipinski definition) is 4. The average Bonchev–Trinajstić information content (AvgIpc) is 2.76. The smallest absolute Gasteiger partial charge is 0.270 e. The Morgan fingerprint density at radius 1 is 1.37 bits per heavy atom. The number of carbonyl (C=O) groups excluding carboxylic acids is 1. The molecule has 0 radical (unpaired) electrons. The summed E-state index contributed by atoms with van der Waals surface area (Å²) < 4.78 is 0. The van der Waals surface area contributed by atoms with Crippen LogP contribution in [-0.2, 0) is 6.42 Å². The fourth-order valence-electron chi connectivity index (χ4n) is 1.84. The van der Waals surface area contributed by atoms with Crippen LogP contribution in [0.25, 0.3) is 0 Å². The number of aryl methyl sites for hydroxylation is 2. The summed E-state index contributed by atoms with van der Waals surface area (Å²) in [5.74, 6) is -0.0732. The van der Waals surface area contributed by atoms with Gasteiger partial charge in [0.2, 0.25) is 0 Å². The summed E-state index contributed by atoms with van der Waals surface area (Å²) in [6.45, 7) is 3.90. The zero-order valence-electron chi connectivity index (χ0n) is 11.3. The van der Waals surface area contributed by atoms with Gasteiger partial charge in [-0.2, -0.15) is 0 Å². The number of amides is 1. The quantitative estimate of drug-likeness (QED) is 0.937. The van der Waals surface area contributed by atoms with Crippen LogP contribution < -0.4 is 10.6 Å². The van der Waals surface area contributed by atoms with E-state index < -0.39 is 0 Å². The van der Waals surface area contributed by atoms with Crippen LogP contribution in [0.3, 0.4) is 0 Å². The summed E-state index contributed by atoms with van der Waals surface area (Å²) in [6, 6.07) is 7.98. The highest BCUT2D eigenvalue weighted by molar-refractivity contribution is 7.17. The molecule has 0 saturated heterocycles. The Balaban J connectivity index is 2.25. The number of carbonyl (C=O) groups is 1. The van der Waals surface area contributed by atoms with E-state index in [1.807, 2.05) is 24.3 Å². The molecule has 2 N–H and O–H groups in total. The van der Waals surface area contributed by atoms with Crippen LogP contribution in [0.5, 0.6) is 0 Å². The molecule has 0 unspecified atom stereocenters. The molecule has 0 atom stereocenters. The van der Waals surface area contributed by atoms with Crippen molar-refractivity contribution in [2.24, 2.45) is 0 Å². The highest BCUT2D eigenvalue weighted by Crippen LogP contribution is 2.24. The molecular weight excluding hydrogens is 258 g/mol. The van der Waals surface area contributed by atoms with Crippen LogP contribution in [0.1, 0.15) is 27.9 Å². The van der Waals surface area contributed by atoms with Gasteiger partial charge >= 0.3 is 0 Å². The van der Waals surface area contributed by atoms with Crippen LogP contribution in [0.4, 0.5) is 10.8 Å². The second-order valence-corrected chi connectivity index (χ2v) is 5.38. The van der Waals surface area contributed by atoms with E-state index >= 15 is 0 Å². The predicted molar refractivity (Wildman–Crippen MR) is 79.8 cm³/mol. The zero-order chi connectivity index (χ0) is 14.0. The summed E-state index contributed by atoms with van der Waals surface area (Å²) in [5.41, 5.74) is 8.44. The molecular formula is C14H17N3OS.